The normalized spacial score (nSPS) is 19.5. The molecule has 188 valence electrons. The molecule has 5 heteroatoms. The van der Waals surface area contributed by atoms with Crippen molar-refractivity contribution < 1.29 is 19.1 Å². The number of unbranched alkanes of at least 4 members (excludes halogenated alkanes) is 3. The molecule has 0 N–H and O–H groups in total. The summed E-state index contributed by atoms with van der Waals surface area (Å²) in [7, 11) is 0. The van der Waals surface area contributed by atoms with Crippen LogP contribution in [0.15, 0.2) is 0 Å². The summed E-state index contributed by atoms with van der Waals surface area (Å²) < 4.78 is 12.5. The van der Waals surface area contributed by atoms with Gasteiger partial charge in [-0.2, -0.15) is 0 Å². The number of nitrogens with zero attached hydrogens (tertiary/aromatic N) is 1. The predicted molar refractivity (Wildman–Crippen MR) is 132 cm³/mol. The Labute approximate surface area is 198 Å². The van der Waals surface area contributed by atoms with Crippen LogP contribution in [0.4, 0.5) is 4.79 Å². The first-order valence-electron chi connectivity index (χ1n) is 13.2. The van der Waals surface area contributed by atoms with E-state index >= 15 is 0 Å². The van der Waals surface area contributed by atoms with Gasteiger partial charge in [0.05, 0.1) is 12.0 Å². The molecular weight excluding hydrogens is 402 g/mol. The van der Waals surface area contributed by atoms with Crippen molar-refractivity contribution in [2.24, 2.45) is 11.3 Å². The van der Waals surface area contributed by atoms with Crippen LogP contribution in [0, 0.1) is 11.3 Å². The fourth-order valence-electron chi connectivity index (χ4n) is 4.38. The molecule has 5 nitrogen and oxygen atoms in total. The van der Waals surface area contributed by atoms with E-state index in [1.807, 2.05) is 20.8 Å². The smallest absolute Gasteiger partial charge is 0.410 e. The molecule has 0 aromatic carbocycles. The molecule has 0 aliphatic carbocycles. The molecule has 0 saturated carbocycles. The van der Waals surface area contributed by atoms with Gasteiger partial charge in [-0.15, -0.1) is 0 Å². The average Bonchev–Trinajstić information content (AvgIpc) is 3.20. The quantitative estimate of drug-likeness (QED) is 0.255. The average molecular weight is 454 g/mol. The maximum absolute atomic E-state index is 13.4. The van der Waals surface area contributed by atoms with Gasteiger partial charge < -0.3 is 14.4 Å². The largest absolute Gasteiger partial charge is 0.456 e. The Morgan fingerprint density at radius 1 is 0.938 bits per heavy atom. The Morgan fingerprint density at radius 3 is 1.84 bits per heavy atom. The zero-order valence-electron chi connectivity index (χ0n) is 22.3. The van der Waals surface area contributed by atoms with E-state index in [4.69, 9.17) is 9.47 Å². The Balaban J connectivity index is 3.00. The molecule has 1 unspecified atom stereocenters. The number of hydrogen-bond donors (Lipinski definition) is 0. The van der Waals surface area contributed by atoms with E-state index in [1.165, 1.54) is 0 Å². The third-order valence-electron chi connectivity index (χ3n) is 7.57. The van der Waals surface area contributed by atoms with E-state index in [9.17, 15) is 9.59 Å². The SMILES string of the molecule is CCCCC(CCCC)(CCCC)OC(=O)N1CCC(OC(=O)C(C)(C)CC)(C(C)C)C1. The number of rotatable bonds is 14. The summed E-state index contributed by atoms with van der Waals surface area (Å²) in [6.45, 7) is 17.6. The van der Waals surface area contributed by atoms with Crippen LogP contribution < -0.4 is 0 Å². The highest BCUT2D eigenvalue weighted by molar-refractivity contribution is 5.76. The third kappa shape index (κ3) is 7.66. The Morgan fingerprint density at radius 2 is 1.44 bits per heavy atom. The van der Waals surface area contributed by atoms with Crippen molar-refractivity contribution in [1.29, 1.82) is 0 Å². The lowest BCUT2D eigenvalue weighted by Gasteiger charge is -2.37. The lowest BCUT2D eigenvalue weighted by molar-refractivity contribution is -0.174. The van der Waals surface area contributed by atoms with Gasteiger partial charge >= 0.3 is 12.1 Å². The maximum atomic E-state index is 13.4. The number of esters is 1. The van der Waals surface area contributed by atoms with E-state index in [2.05, 4.69) is 34.6 Å². The minimum absolute atomic E-state index is 0.127. The maximum Gasteiger partial charge on any atom is 0.410 e. The predicted octanol–water partition coefficient (Wildman–Crippen LogP) is 7.51. The molecule has 1 aliphatic heterocycles. The van der Waals surface area contributed by atoms with Crippen LogP contribution in [0.2, 0.25) is 0 Å². The topological polar surface area (TPSA) is 55.8 Å². The molecular formula is C27H51NO4. The van der Waals surface area contributed by atoms with Crippen molar-refractivity contribution in [1.82, 2.24) is 4.90 Å². The molecule has 1 heterocycles. The molecule has 32 heavy (non-hydrogen) atoms. The Kier molecular flexibility index (Phi) is 11.5. The molecule has 0 aromatic rings. The Hall–Kier alpha value is -1.26. The van der Waals surface area contributed by atoms with Crippen LogP contribution in [0.5, 0.6) is 0 Å². The summed E-state index contributed by atoms with van der Waals surface area (Å²) >= 11 is 0. The van der Waals surface area contributed by atoms with Crippen molar-refractivity contribution in [3.8, 4) is 0 Å². The number of ether oxygens (including phenoxy) is 2. The summed E-state index contributed by atoms with van der Waals surface area (Å²) in [5, 5.41) is 0. The zero-order valence-corrected chi connectivity index (χ0v) is 22.3. The highest BCUT2D eigenvalue weighted by Crippen LogP contribution is 2.38. The van der Waals surface area contributed by atoms with Crippen molar-refractivity contribution in [3.05, 3.63) is 0 Å². The minimum atomic E-state index is -0.637. The second kappa shape index (κ2) is 12.8. The lowest BCUT2D eigenvalue weighted by atomic mass is 9.86. The van der Waals surface area contributed by atoms with Crippen LogP contribution in [0.25, 0.3) is 0 Å². The van der Waals surface area contributed by atoms with Gasteiger partial charge in [-0.25, -0.2) is 4.79 Å². The van der Waals surface area contributed by atoms with Gasteiger partial charge in [0.1, 0.15) is 11.2 Å². The first-order chi connectivity index (χ1) is 15.0. The van der Waals surface area contributed by atoms with E-state index in [0.717, 1.165) is 64.2 Å². The van der Waals surface area contributed by atoms with Crippen molar-refractivity contribution in [2.75, 3.05) is 13.1 Å². The van der Waals surface area contributed by atoms with Crippen LogP contribution in [0.3, 0.4) is 0 Å². The summed E-state index contributed by atoms with van der Waals surface area (Å²) in [4.78, 5) is 28.0. The summed E-state index contributed by atoms with van der Waals surface area (Å²) in [6.07, 6.45) is 10.4. The Bertz CT molecular complexity index is 564. The van der Waals surface area contributed by atoms with Gasteiger partial charge in [0.2, 0.25) is 0 Å². The van der Waals surface area contributed by atoms with Crippen LogP contribution >= 0.6 is 0 Å². The second-order valence-corrected chi connectivity index (χ2v) is 10.9. The van der Waals surface area contributed by atoms with E-state index in [1.54, 1.807) is 4.90 Å². The highest BCUT2D eigenvalue weighted by Gasteiger charge is 2.48. The lowest BCUT2D eigenvalue weighted by Crippen LogP contribution is -2.47. The molecule has 1 atom stereocenters. The molecule has 0 radical (unpaired) electrons. The van der Waals surface area contributed by atoms with Crippen molar-refractivity contribution in [2.45, 2.75) is 137 Å². The standard InChI is InChI=1S/C27H51NO4/c1-9-13-16-26(17-14-10-2,18-15-11-3)32-24(30)28-20-19-27(21-28,22(5)6)31-23(29)25(7,8)12-4/h22H,9-21H2,1-8H3. The highest BCUT2D eigenvalue weighted by atomic mass is 16.6. The number of hydrogen-bond acceptors (Lipinski definition) is 4. The number of likely N-dealkylation sites (tertiary alicyclic amines) is 1. The summed E-state index contributed by atoms with van der Waals surface area (Å²) in [6, 6.07) is 0. The first-order valence-corrected chi connectivity index (χ1v) is 13.2. The van der Waals surface area contributed by atoms with Crippen LogP contribution in [-0.2, 0) is 14.3 Å². The molecule has 0 bridgehead atoms. The van der Waals surface area contributed by atoms with Gasteiger partial charge in [0.25, 0.3) is 0 Å². The van der Waals surface area contributed by atoms with E-state index < -0.39 is 11.0 Å². The first kappa shape index (κ1) is 28.8. The molecule has 1 rings (SSSR count). The summed E-state index contributed by atoms with van der Waals surface area (Å²) in [5.74, 6) is -0.0472. The molecule has 1 fully saturated rings. The number of amides is 1. The van der Waals surface area contributed by atoms with Gasteiger partial charge in [0.15, 0.2) is 0 Å². The second-order valence-electron chi connectivity index (χ2n) is 10.9. The number of carbonyl (C=O) groups is 2. The molecule has 1 aliphatic rings. The van der Waals surface area contributed by atoms with Gasteiger partial charge in [0, 0.05) is 13.0 Å². The minimum Gasteiger partial charge on any atom is -0.456 e. The monoisotopic (exact) mass is 453 g/mol. The van der Waals surface area contributed by atoms with Crippen LogP contribution in [0.1, 0.15) is 126 Å². The van der Waals surface area contributed by atoms with E-state index in [-0.39, 0.29) is 23.6 Å². The number of carbonyl (C=O) groups excluding carboxylic acids is 2. The third-order valence-corrected chi connectivity index (χ3v) is 7.57. The fraction of sp³-hybridized carbons (Fsp3) is 0.926. The fourth-order valence-corrected chi connectivity index (χ4v) is 4.38. The molecule has 1 saturated heterocycles. The molecule has 1 amide bonds. The van der Waals surface area contributed by atoms with Crippen LogP contribution in [-0.4, -0.2) is 41.3 Å². The van der Waals surface area contributed by atoms with E-state index in [0.29, 0.717) is 19.5 Å². The van der Waals surface area contributed by atoms with Gasteiger partial charge in [-0.05, 0) is 64.7 Å². The summed E-state index contributed by atoms with van der Waals surface area (Å²) in [5.41, 5.74) is -1.53. The molecule has 0 aromatic heterocycles. The van der Waals surface area contributed by atoms with Crippen molar-refractivity contribution in [3.63, 3.8) is 0 Å². The molecule has 0 spiro atoms. The van der Waals surface area contributed by atoms with Gasteiger partial charge in [-0.1, -0.05) is 60.8 Å². The van der Waals surface area contributed by atoms with Crippen molar-refractivity contribution >= 4 is 12.1 Å². The van der Waals surface area contributed by atoms with Gasteiger partial charge in [-0.3, -0.25) is 4.79 Å². The zero-order chi connectivity index (χ0) is 24.4.